The van der Waals surface area contributed by atoms with Crippen molar-refractivity contribution in [2.75, 3.05) is 23.9 Å². The van der Waals surface area contributed by atoms with Crippen LogP contribution in [0.5, 0.6) is 0 Å². The van der Waals surface area contributed by atoms with Gasteiger partial charge in [0.25, 0.3) is 0 Å². The Balaban J connectivity index is 0.000000163. The molecule has 1 amide bonds. The van der Waals surface area contributed by atoms with Gasteiger partial charge in [-0.05, 0) is 144 Å². The number of nitrogens with zero attached hydrogens (tertiary/aromatic N) is 3. The predicted octanol–water partition coefficient (Wildman–Crippen LogP) is 15.6. The second-order valence-corrected chi connectivity index (χ2v) is 30.3. The quantitative estimate of drug-likeness (QED) is 0.0218. The first kappa shape index (κ1) is 78.9. The van der Waals surface area contributed by atoms with E-state index in [0.717, 1.165) is 118 Å². The number of allylic oxidation sites excluding steroid dienone is 1. The summed E-state index contributed by atoms with van der Waals surface area (Å²) in [6.45, 7) is 1.73. The molecule has 3 saturated carbocycles. The summed E-state index contributed by atoms with van der Waals surface area (Å²) >= 11 is 10.8. The molecule has 0 radical (unpaired) electrons. The fourth-order valence-electron chi connectivity index (χ4n) is 13.0. The van der Waals surface area contributed by atoms with Gasteiger partial charge in [0.05, 0.1) is 37.7 Å². The van der Waals surface area contributed by atoms with Crippen LogP contribution in [0.15, 0.2) is 126 Å². The summed E-state index contributed by atoms with van der Waals surface area (Å²) < 4.78 is 181. The van der Waals surface area contributed by atoms with Crippen LogP contribution >= 0.6 is 67.1 Å². The average molecular weight is 1600 g/mol. The number of amidine groups is 3. The number of fused-ring (bicyclic) bond motifs is 3. The average Bonchev–Trinajstić information content (AvgIpc) is 0.759. The molecule has 7 aliphatic rings. The summed E-state index contributed by atoms with van der Waals surface area (Å²) in [6, 6.07) is 20.6. The molecule has 536 valence electrons. The molecule has 3 fully saturated rings. The summed E-state index contributed by atoms with van der Waals surface area (Å²) in [4.78, 5) is 37.8. The van der Waals surface area contributed by atoms with E-state index in [4.69, 9.17) is 31.2 Å². The lowest BCUT2D eigenvalue weighted by Crippen LogP contribution is -2.45. The van der Waals surface area contributed by atoms with Crippen molar-refractivity contribution in [3.63, 3.8) is 0 Å². The highest BCUT2D eigenvalue weighted by Crippen LogP contribution is 2.53. The van der Waals surface area contributed by atoms with Crippen molar-refractivity contribution in [2.45, 2.75) is 138 Å². The van der Waals surface area contributed by atoms with E-state index in [2.05, 4.69) is 56.1 Å². The molecule has 12 rings (SSSR count). The second-order valence-electron chi connectivity index (χ2n) is 24.0. The van der Waals surface area contributed by atoms with Crippen LogP contribution in [0, 0.1) is 64.3 Å². The number of benzene rings is 5. The van der Waals surface area contributed by atoms with Gasteiger partial charge in [0.1, 0.15) is 58.9 Å². The van der Waals surface area contributed by atoms with Gasteiger partial charge in [-0.3, -0.25) is 20.3 Å². The maximum atomic E-state index is 14.8. The Morgan fingerprint density at radius 3 is 1.58 bits per heavy atom. The zero-order chi connectivity index (χ0) is 72.0. The van der Waals surface area contributed by atoms with Crippen molar-refractivity contribution in [2.24, 2.45) is 44.2 Å². The monoisotopic (exact) mass is 1600 g/mol. The van der Waals surface area contributed by atoms with Crippen molar-refractivity contribution in [3.05, 3.63) is 180 Å². The number of hydrogen-bond acceptors (Lipinski definition) is 17. The van der Waals surface area contributed by atoms with Crippen LogP contribution in [-0.2, 0) is 51.8 Å². The number of ether oxygens (including phenoxy) is 2. The highest BCUT2D eigenvalue weighted by atomic mass is 79.9. The number of aliphatic imine (C=N–C) groups is 3. The second kappa shape index (κ2) is 34.9. The van der Waals surface area contributed by atoms with Gasteiger partial charge in [-0.1, -0.05) is 116 Å². The smallest absolute Gasteiger partial charge is 0.463 e. The molecular formula is C66H70BBr2F11N6O9S4. The molecule has 99 heavy (non-hydrogen) atoms. The molecule has 33 heteroatoms. The van der Waals surface area contributed by atoms with E-state index in [1.54, 1.807) is 0 Å². The van der Waals surface area contributed by atoms with Crippen LogP contribution in [0.3, 0.4) is 0 Å². The fraction of sp³-hybridized carbons (Fsp3) is 0.439. The largest absolute Gasteiger partial charge is 0.534 e. The lowest BCUT2D eigenvalue weighted by molar-refractivity contribution is -0.139. The lowest BCUT2D eigenvalue weighted by atomic mass is 9.69. The Bertz CT molecular complexity index is 3970. The molecule has 0 saturated heterocycles. The maximum Gasteiger partial charge on any atom is 0.534 e. The zero-order valence-electron chi connectivity index (χ0n) is 53.1. The molecule has 7 N–H and O–H groups in total. The standard InChI is InChI=1S/C22H21BrF2N2O2S.C14H15BrF2N2S.C14H16F2N2S.C10H13F3O5S.C6H5BF2O2/c23-17-10-16(18(24)11-19(17)25)22-9-5-4-8-15(22)13-30-20(27-22)26-21(28)29-12-14-6-2-1-3-7-14;15-10-5-9(11(16)6-12(10)17)14-4-2-1-3-8(14)7-20-13(18)19-14;15-10-4-5-11(12(16)7-10)14-6-2-1-3-9(14)8-19-13(17)18-14;1-2-17-9(14)7-5-3-4-6-8(7)18-19(15,16)10(11,12)13;8-4-1-2-5(7(10)11)6(9)3-4/h1-3,6-7,10-11,15H,4-5,8-9,12-13H2,(H,26,27,28);5-6,8H,1-4,7H2,(H2,18,19);4-5,7,9H,1-3,6,8H2,(H2,17,18);2-6H2,1H3;1-3,10-11H/t15-,22-;8-,14-;9-,14-;;/m000../s1. The Hall–Kier alpha value is -5.84. The fourth-order valence-corrected chi connectivity index (χ4v) is 17.5. The van der Waals surface area contributed by atoms with Gasteiger partial charge in [0.2, 0.25) is 0 Å². The molecule has 5 aromatic carbocycles. The molecular weight excluding hydrogens is 1530 g/mol. The zero-order valence-corrected chi connectivity index (χ0v) is 59.6. The third-order valence-corrected chi connectivity index (χ3v) is 22.9. The Morgan fingerprint density at radius 2 is 1.08 bits per heavy atom. The number of esters is 1. The Labute approximate surface area is 595 Å². The third-order valence-electron chi connectivity index (χ3n) is 17.8. The summed E-state index contributed by atoms with van der Waals surface area (Å²) in [5.74, 6) is -3.33. The molecule has 3 aliphatic heterocycles. The molecule has 4 aliphatic carbocycles. The van der Waals surface area contributed by atoms with Gasteiger partial charge in [0.15, 0.2) is 15.5 Å². The number of nitrogens with one attached hydrogen (secondary N) is 1. The minimum atomic E-state index is -5.74. The maximum absolute atomic E-state index is 14.8. The van der Waals surface area contributed by atoms with E-state index in [9.17, 15) is 66.3 Å². The van der Waals surface area contributed by atoms with Crippen molar-refractivity contribution >= 4 is 117 Å². The van der Waals surface area contributed by atoms with Crippen molar-refractivity contribution in [3.8, 4) is 0 Å². The van der Waals surface area contributed by atoms with Crippen molar-refractivity contribution in [1.29, 1.82) is 0 Å². The normalized spacial score (nSPS) is 23.4. The van der Waals surface area contributed by atoms with E-state index >= 15 is 0 Å². The molecule has 0 aromatic heterocycles. The van der Waals surface area contributed by atoms with Gasteiger partial charge in [0, 0.05) is 70.1 Å². The van der Waals surface area contributed by atoms with Gasteiger partial charge in [-0.25, -0.2) is 44.7 Å². The Morgan fingerprint density at radius 1 is 0.606 bits per heavy atom. The highest BCUT2D eigenvalue weighted by Gasteiger charge is 2.51. The van der Waals surface area contributed by atoms with E-state index < -0.39 is 104 Å². The van der Waals surface area contributed by atoms with Gasteiger partial charge < -0.3 is 35.2 Å². The molecule has 0 bridgehead atoms. The lowest BCUT2D eigenvalue weighted by Gasteiger charge is -2.44. The van der Waals surface area contributed by atoms with Crippen molar-refractivity contribution < 1.29 is 90.0 Å². The van der Waals surface area contributed by atoms with E-state index in [-0.39, 0.29) is 57.9 Å². The third kappa shape index (κ3) is 19.7. The number of nitrogens with two attached hydrogens (primary N) is 2. The van der Waals surface area contributed by atoms with Gasteiger partial charge in [-0.2, -0.15) is 21.6 Å². The minimum Gasteiger partial charge on any atom is -0.463 e. The van der Waals surface area contributed by atoms with Gasteiger partial charge in [-0.15, -0.1) is 0 Å². The van der Waals surface area contributed by atoms with Crippen LogP contribution in [0.2, 0.25) is 0 Å². The Kier molecular flexibility index (Phi) is 27.8. The molecule has 15 nitrogen and oxygen atoms in total. The first-order chi connectivity index (χ1) is 46.9. The summed E-state index contributed by atoms with van der Waals surface area (Å²) in [5.41, 5.74) is 5.98. The molecule has 3 heterocycles. The first-order valence-electron chi connectivity index (χ1n) is 31.6. The van der Waals surface area contributed by atoms with Crippen LogP contribution < -0.4 is 22.2 Å². The molecule has 5 aromatic rings. The number of carbonyl (C=O) groups excluding carboxylic acids is 2. The number of hydrogen-bond donors (Lipinski definition) is 5. The highest BCUT2D eigenvalue weighted by molar-refractivity contribution is 9.10. The SMILES string of the molecule is CCOC(=O)C1=C(OS(=O)(=O)C(F)(F)F)CCCC1.NC1=N[C@@]2(c3cc(Br)c(F)cc3F)CCCC[C@H]2CS1.NC1=N[C@@]2(c3ccc(F)cc3F)CCCC[C@H]2CS1.O=C(NC1=N[C@@]2(c3cc(Br)c(F)cc3F)CCCC[C@H]2CS1)OCc1ccccc1.OB(O)c1ccc(F)cc1F. The number of halogens is 13. The number of carbonyl (C=O) groups is 2. The van der Waals surface area contributed by atoms with Crippen LogP contribution in [-0.4, -0.2) is 82.5 Å². The van der Waals surface area contributed by atoms with Gasteiger partial charge >= 0.3 is 34.8 Å². The van der Waals surface area contributed by atoms with Crippen LogP contribution in [0.25, 0.3) is 0 Å². The number of thioether (sulfide) groups is 3. The number of amides is 1. The first-order valence-corrected chi connectivity index (χ1v) is 37.5. The molecule has 0 unspecified atom stereocenters. The molecule has 0 spiro atoms. The number of alkyl carbamates (subject to hydrolysis) is 1. The minimum absolute atomic E-state index is 0.0382. The van der Waals surface area contributed by atoms with Crippen LogP contribution in [0.1, 0.15) is 132 Å². The van der Waals surface area contributed by atoms with E-state index in [1.165, 1.54) is 66.5 Å². The predicted molar refractivity (Wildman–Crippen MR) is 368 cm³/mol. The molecule has 6 atom stereocenters. The van der Waals surface area contributed by atoms with Crippen LogP contribution in [0.4, 0.5) is 53.1 Å². The van der Waals surface area contributed by atoms with E-state index in [1.807, 2.05) is 30.3 Å². The summed E-state index contributed by atoms with van der Waals surface area (Å²) in [6.07, 6.45) is 11.9. The van der Waals surface area contributed by atoms with E-state index in [0.29, 0.717) is 69.2 Å². The number of alkyl halides is 3. The topological polar surface area (TPSA) is 238 Å². The summed E-state index contributed by atoms with van der Waals surface area (Å²) in [7, 11) is -7.64. The number of rotatable bonds is 10. The van der Waals surface area contributed by atoms with Crippen molar-refractivity contribution in [1.82, 2.24) is 5.32 Å². The summed E-state index contributed by atoms with van der Waals surface area (Å²) in [5, 5.41) is 21.1.